The normalized spacial score (nSPS) is 12.7. The van der Waals surface area contributed by atoms with Gasteiger partial charge in [0.05, 0.1) is 6.26 Å². The maximum absolute atomic E-state index is 12.2. The zero-order valence-corrected chi connectivity index (χ0v) is 32.9. The Bertz CT molecular complexity index is 2140. The van der Waals surface area contributed by atoms with Crippen LogP contribution >= 0.6 is 0 Å². The van der Waals surface area contributed by atoms with E-state index in [1.54, 1.807) is 12.6 Å². The number of aryl methyl sites for hydroxylation is 1. The number of aromatic nitrogens is 2. The summed E-state index contributed by atoms with van der Waals surface area (Å²) in [4.78, 5) is 21.3. The zero-order valence-electron chi connectivity index (χ0n) is 30.5. The number of carbonyl (C=O) groups excluding carboxylic acids is 1. The van der Waals surface area contributed by atoms with Crippen LogP contribution in [0.2, 0.25) is 0 Å². The quantitative estimate of drug-likeness (QED) is 0.0933. The molecule has 6 rings (SSSR count). The minimum absolute atomic E-state index is 0. The number of nitrogens with zero attached hydrogens (tertiary/aromatic N) is 2. The summed E-state index contributed by atoms with van der Waals surface area (Å²) >= 11 is 0. The van der Waals surface area contributed by atoms with E-state index in [4.69, 9.17) is 13.8 Å². The number of rotatable bonds is 8. The molecule has 0 fully saturated rings. The third-order valence-corrected chi connectivity index (χ3v) is 10.6. The van der Waals surface area contributed by atoms with E-state index in [-0.39, 0.29) is 47.9 Å². The first kappa shape index (κ1) is 38.0. The van der Waals surface area contributed by atoms with Crippen LogP contribution in [0, 0.1) is 23.8 Å². The number of fused-ring (bicyclic) bond motifs is 5. The largest absolute Gasteiger partial charge is 0.512 e. The van der Waals surface area contributed by atoms with Gasteiger partial charge in [0.1, 0.15) is 23.3 Å². The molecule has 6 aromatic rings. The Kier molecular flexibility index (Phi) is 11.3. The first-order valence-electron chi connectivity index (χ1n) is 17.2. The first-order chi connectivity index (χ1) is 22.7. The number of allylic oxidation sites excluding steroid dienone is 2. The average molecular weight is 838 g/mol. The number of aliphatic hydroxyl groups is 1. The Balaban J connectivity index is 0.000000260. The number of ketones is 1. The van der Waals surface area contributed by atoms with E-state index in [1.165, 1.54) is 17.0 Å². The molecule has 49 heavy (non-hydrogen) atoms. The molecule has 7 heteroatoms. The van der Waals surface area contributed by atoms with Gasteiger partial charge in [-0.2, -0.15) is 0 Å². The summed E-state index contributed by atoms with van der Waals surface area (Å²) in [6.07, 6.45) is 8.09. The summed E-state index contributed by atoms with van der Waals surface area (Å²) in [5, 5.41) is 15.4. The molecule has 3 heterocycles. The van der Waals surface area contributed by atoms with Crippen molar-refractivity contribution in [3.8, 4) is 11.3 Å². The number of benzene rings is 3. The molecule has 0 aliphatic rings. The predicted molar refractivity (Wildman–Crippen MR) is 197 cm³/mol. The molecular weight excluding hydrogens is 789 g/mol. The molecule has 0 atom stereocenters. The third kappa shape index (κ3) is 7.25. The molecule has 1 N–H and O–H groups in total. The first-order valence-corrected chi connectivity index (χ1v) is 17.2. The molecule has 0 saturated carbocycles. The molecule has 0 aliphatic heterocycles. The van der Waals surface area contributed by atoms with Crippen molar-refractivity contribution >= 4 is 49.6 Å². The molecule has 0 spiro atoms. The van der Waals surface area contributed by atoms with E-state index in [0.717, 1.165) is 75.2 Å². The Labute approximate surface area is 303 Å². The van der Waals surface area contributed by atoms with E-state index in [2.05, 4.69) is 68.2 Å². The van der Waals surface area contributed by atoms with Crippen molar-refractivity contribution in [2.24, 2.45) is 10.8 Å². The summed E-state index contributed by atoms with van der Waals surface area (Å²) in [5.41, 5.74) is 5.65. The van der Waals surface area contributed by atoms with E-state index in [1.807, 2.05) is 54.5 Å². The van der Waals surface area contributed by atoms with Gasteiger partial charge >= 0.3 is 0 Å². The summed E-state index contributed by atoms with van der Waals surface area (Å²) in [6, 6.07) is 18.3. The topological polar surface area (TPSA) is 89.4 Å². The fourth-order valence-electron chi connectivity index (χ4n) is 6.12. The van der Waals surface area contributed by atoms with Crippen LogP contribution < -0.4 is 0 Å². The van der Waals surface area contributed by atoms with E-state index < -0.39 is 0 Å². The Morgan fingerprint density at radius 2 is 1.51 bits per heavy atom. The van der Waals surface area contributed by atoms with Crippen molar-refractivity contribution in [3.63, 3.8) is 0 Å². The van der Waals surface area contributed by atoms with E-state index in [9.17, 15) is 9.90 Å². The molecule has 3 aromatic heterocycles. The van der Waals surface area contributed by atoms with Crippen molar-refractivity contribution < 1.29 is 38.8 Å². The monoisotopic (exact) mass is 838 g/mol. The number of furan rings is 2. The van der Waals surface area contributed by atoms with Gasteiger partial charge in [-0.15, -0.1) is 29.1 Å². The van der Waals surface area contributed by atoms with Gasteiger partial charge in [-0.3, -0.25) is 9.78 Å². The van der Waals surface area contributed by atoms with Crippen LogP contribution in [0.1, 0.15) is 99.1 Å². The van der Waals surface area contributed by atoms with Gasteiger partial charge in [-0.25, -0.2) is 4.98 Å². The van der Waals surface area contributed by atoms with Crippen molar-refractivity contribution in [1.29, 1.82) is 0 Å². The second-order valence-corrected chi connectivity index (χ2v) is 14.6. The average Bonchev–Trinajstić information content (AvgIpc) is 3.64. The molecule has 261 valence electrons. The SMILES string of the molecule is CCC(C)(CC)C(=O)/C=C(\O)C(C)(CC)CC.Cc1coc2cc3oc4ncnc(-c5[c-]c6ccccc6c(C(C)(C)C)c5)c4c3cc12.[Ir]. The second-order valence-electron chi connectivity index (χ2n) is 14.6. The summed E-state index contributed by atoms with van der Waals surface area (Å²) in [6.45, 7) is 20.8. The number of carbonyl (C=O) groups is 1. The van der Waals surface area contributed by atoms with Crippen LogP contribution in [0.3, 0.4) is 0 Å². The van der Waals surface area contributed by atoms with Crippen molar-refractivity contribution in [2.45, 2.75) is 100 Å². The minimum Gasteiger partial charge on any atom is -0.512 e. The van der Waals surface area contributed by atoms with Crippen molar-refractivity contribution in [2.75, 3.05) is 0 Å². The zero-order chi connectivity index (χ0) is 35.0. The predicted octanol–water partition coefficient (Wildman–Crippen LogP) is 12.0. The molecule has 0 aliphatic carbocycles. The van der Waals surface area contributed by atoms with Crippen LogP contribution in [0.4, 0.5) is 0 Å². The Hall–Kier alpha value is -3.80. The van der Waals surface area contributed by atoms with Crippen LogP contribution in [0.15, 0.2) is 75.7 Å². The van der Waals surface area contributed by atoms with Crippen LogP contribution in [0.25, 0.3) is 55.1 Å². The molecule has 0 saturated heterocycles. The number of hydrogen-bond donors (Lipinski definition) is 1. The number of aliphatic hydroxyl groups excluding tert-OH is 1. The van der Waals surface area contributed by atoms with Gasteiger partial charge in [-0.05, 0) is 49.7 Å². The fourth-order valence-corrected chi connectivity index (χ4v) is 6.12. The van der Waals surface area contributed by atoms with Gasteiger partial charge in [-0.1, -0.05) is 91.5 Å². The number of hydrogen-bond acceptors (Lipinski definition) is 6. The van der Waals surface area contributed by atoms with Crippen LogP contribution in [0.5, 0.6) is 0 Å². The molecule has 1 radical (unpaired) electrons. The van der Waals surface area contributed by atoms with Gasteiger partial charge in [0.15, 0.2) is 5.78 Å². The van der Waals surface area contributed by atoms with Gasteiger partial charge in [0.2, 0.25) is 5.71 Å². The van der Waals surface area contributed by atoms with Gasteiger partial charge < -0.3 is 13.9 Å². The molecule has 0 unspecified atom stereocenters. The van der Waals surface area contributed by atoms with Crippen LogP contribution in [-0.4, -0.2) is 20.9 Å². The van der Waals surface area contributed by atoms with Gasteiger partial charge in [0.25, 0.3) is 0 Å². The second kappa shape index (κ2) is 14.6. The Morgan fingerprint density at radius 3 is 2.14 bits per heavy atom. The molecular formula is C42H49IrN2O4-. The molecule has 0 amide bonds. The van der Waals surface area contributed by atoms with Crippen LogP contribution in [-0.2, 0) is 30.3 Å². The standard InChI is InChI=1S/C27H21N2O2.C15H28O2.Ir/c1-15-13-30-22-12-23-20(11-19(15)22)24-25(28-14-29-26(24)31-23)17-9-16-7-5-6-8-18(16)21(10-17)27(2,3)4;1-7-14(5,8-2)12(16)11-13(17)15(6,9-3)10-4;/h5-8,10-14H,1-4H3;11,16H,7-10H2,1-6H3;/q-1;;/b;12-11-;. The summed E-state index contributed by atoms with van der Waals surface area (Å²) < 4.78 is 11.8. The Morgan fingerprint density at radius 1 is 0.857 bits per heavy atom. The van der Waals surface area contributed by atoms with Gasteiger partial charge in [0, 0.05) is 64.9 Å². The van der Waals surface area contributed by atoms with Crippen molar-refractivity contribution in [3.05, 3.63) is 84.1 Å². The summed E-state index contributed by atoms with van der Waals surface area (Å²) in [7, 11) is 0. The fraction of sp³-hybridized carbons (Fsp3) is 0.405. The summed E-state index contributed by atoms with van der Waals surface area (Å²) in [5.74, 6) is 0.286. The minimum atomic E-state index is -0.337. The van der Waals surface area contributed by atoms with Crippen molar-refractivity contribution in [1.82, 2.24) is 9.97 Å². The third-order valence-electron chi connectivity index (χ3n) is 10.6. The van der Waals surface area contributed by atoms with E-state index in [0.29, 0.717) is 5.71 Å². The molecule has 6 nitrogen and oxygen atoms in total. The van der Waals surface area contributed by atoms with E-state index >= 15 is 0 Å². The molecule has 0 bridgehead atoms. The maximum Gasteiger partial charge on any atom is 0.223 e. The molecule has 3 aromatic carbocycles. The maximum atomic E-state index is 12.2. The smallest absolute Gasteiger partial charge is 0.223 e.